The van der Waals surface area contributed by atoms with E-state index < -0.39 is 26.9 Å². The number of rotatable bonds is 3. The summed E-state index contributed by atoms with van der Waals surface area (Å²) in [6.45, 7) is 1.65. The van der Waals surface area contributed by atoms with Gasteiger partial charge in [0.1, 0.15) is 5.82 Å². The lowest BCUT2D eigenvalue weighted by atomic mass is 10.00. The fourth-order valence-corrected chi connectivity index (χ4v) is 6.44. The number of fused-ring (bicyclic) bond motifs is 1. The maximum atomic E-state index is 13.9. The molecular weight excluding hydrogens is 411 g/mol. The number of carboxylic acid groups (broad SMARTS) is 1. The van der Waals surface area contributed by atoms with Crippen molar-refractivity contribution in [1.29, 1.82) is 0 Å². The SMILES string of the molecule is CC(=O)O.CN(C)[C@@H]1CS(=O)(=O)[C@H]2CN(C(=O)Cc3c(F)cccc3Cl)C[C@@H]12. The maximum absolute atomic E-state index is 13.9. The number of likely N-dealkylation sites (tertiary alicyclic amines) is 1. The lowest BCUT2D eigenvalue weighted by molar-refractivity contribution is -0.134. The third-order valence-electron chi connectivity index (χ3n) is 5.07. The van der Waals surface area contributed by atoms with E-state index in [0.29, 0.717) is 6.54 Å². The molecule has 0 radical (unpaired) electrons. The standard InChI is InChI=1S/C16H20ClFN2O3S.C2H4O2/c1-19(2)14-9-24(22,23)15-8-20(7-11(14)15)16(21)6-10-12(17)4-3-5-13(10)18;1-2(3)4/h3-5,11,14-15H,6-9H2,1-2H3;1H3,(H,3,4)/t11-,14+,15-;/m0./s1. The molecule has 156 valence electrons. The van der Waals surface area contributed by atoms with Crippen molar-refractivity contribution in [3.63, 3.8) is 0 Å². The molecule has 2 heterocycles. The van der Waals surface area contributed by atoms with Crippen LogP contribution in [-0.4, -0.2) is 79.4 Å². The number of halogens is 2. The minimum Gasteiger partial charge on any atom is -0.481 e. The van der Waals surface area contributed by atoms with Gasteiger partial charge in [-0.05, 0) is 26.2 Å². The fraction of sp³-hybridized carbons (Fsp3) is 0.556. The average Bonchev–Trinajstić information content (AvgIpc) is 3.10. The van der Waals surface area contributed by atoms with Gasteiger partial charge in [0.25, 0.3) is 5.97 Å². The molecular formula is C18H24ClFN2O5S. The first-order chi connectivity index (χ1) is 12.9. The molecule has 0 bridgehead atoms. The number of hydrogen-bond acceptors (Lipinski definition) is 5. The van der Waals surface area contributed by atoms with Crippen molar-refractivity contribution in [2.75, 3.05) is 32.9 Å². The molecule has 0 spiro atoms. The largest absolute Gasteiger partial charge is 0.481 e. The number of sulfone groups is 1. The Kier molecular flexibility index (Phi) is 7.06. The molecule has 1 aromatic carbocycles. The number of carboxylic acids is 1. The van der Waals surface area contributed by atoms with Gasteiger partial charge in [0, 0.05) is 42.6 Å². The molecule has 2 fully saturated rings. The van der Waals surface area contributed by atoms with Crippen LogP contribution in [0.15, 0.2) is 18.2 Å². The van der Waals surface area contributed by atoms with E-state index in [1.165, 1.54) is 17.0 Å². The monoisotopic (exact) mass is 434 g/mol. The molecule has 2 aliphatic rings. The Morgan fingerprint density at radius 1 is 1.32 bits per heavy atom. The van der Waals surface area contributed by atoms with Gasteiger partial charge in [-0.1, -0.05) is 17.7 Å². The summed E-state index contributed by atoms with van der Waals surface area (Å²) in [6, 6.07) is 4.20. The van der Waals surface area contributed by atoms with Crippen LogP contribution < -0.4 is 0 Å². The molecule has 3 rings (SSSR count). The second-order valence-corrected chi connectivity index (χ2v) is 9.93. The van der Waals surface area contributed by atoms with Crippen LogP contribution in [0.3, 0.4) is 0 Å². The van der Waals surface area contributed by atoms with E-state index in [-0.39, 0.29) is 47.2 Å². The minimum atomic E-state index is -3.21. The van der Waals surface area contributed by atoms with Gasteiger partial charge in [0.15, 0.2) is 9.84 Å². The van der Waals surface area contributed by atoms with E-state index in [9.17, 15) is 17.6 Å². The zero-order valence-electron chi connectivity index (χ0n) is 15.9. The molecule has 10 heteroatoms. The van der Waals surface area contributed by atoms with E-state index in [1.807, 2.05) is 19.0 Å². The van der Waals surface area contributed by atoms with Crippen LogP contribution in [0.25, 0.3) is 0 Å². The molecule has 1 aromatic rings. The van der Waals surface area contributed by atoms with Gasteiger partial charge in [-0.25, -0.2) is 12.8 Å². The lowest BCUT2D eigenvalue weighted by Crippen LogP contribution is -2.39. The molecule has 2 saturated heterocycles. The second-order valence-electron chi connectivity index (χ2n) is 7.26. The lowest BCUT2D eigenvalue weighted by Gasteiger charge is -2.25. The number of amides is 1. The van der Waals surface area contributed by atoms with E-state index in [2.05, 4.69) is 0 Å². The van der Waals surface area contributed by atoms with Crippen LogP contribution in [0, 0.1) is 11.7 Å². The fourth-order valence-electron chi connectivity index (χ4n) is 3.73. The second kappa shape index (κ2) is 8.75. The molecule has 3 atom stereocenters. The van der Waals surface area contributed by atoms with Crippen molar-refractivity contribution in [3.8, 4) is 0 Å². The number of carbonyl (C=O) groups excluding carboxylic acids is 1. The van der Waals surface area contributed by atoms with Gasteiger partial charge in [0.2, 0.25) is 5.91 Å². The Hall–Kier alpha value is -1.71. The van der Waals surface area contributed by atoms with Crippen LogP contribution >= 0.6 is 11.6 Å². The van der Waals surface area contributed by atoms with Crippen molar-refractivity contribution in [2.24, 2.45) is 5.92 Å². The average molecular weight is 435 g/mol. The summed E-state index contributed by atoms with van der Waals surface area (Å²) in [5, 5.41) is 7.10. The molecule has 0 saturated carbocycles. The highest BCUT2D eigenvalue weighted by atomic mass is 35.5. The highest BCUT2D eigenvalue weighted by Gasteiger charge is 2.53. The van der Waals surface area contributed by atoms with E-state index >= 15 is 0 Å². The molecule has 0 unspecified atom stereocenters. The topological polar surface area (TPSA) is 95.0 Å². The third kappa shape index (κ3) is 5.01. The predicted molar refractivity (Wildman–Crippen MR) is 104 cm³/mol. The zero-order chi connectivity index (χ0) is 21.2. The Morgan fingerprint density at radius 3 is 2.46 bits per heavy atom. The van der Waals surface area contributed by atoms with Gasteiger partial charge >= 0.3 is 0 Å². The first-order valence-electron chi connectivity index (χ1n) is 8.72. The third-order valence-corrected chi connectivity index (χ3v) is 7.65. The number of nitrogens with zero attached hydrogens (tertiary/aromatic N) is 2. The summed E-state index contributed by atoms with van der Waals surface area (Å²) in [5.74, 6) is -1.60. The summed E-state index contributed by atoms with van der Waals surface area (Å²) in [7, 11) is 0.497. The summed E-state index contributed by atoms with van der Waals surface area (Å²) in [6.07, 6.45) is -0.155. The smallest absolute Gasteiger partial charge is 0.300 e. The molecule has 0 aromatic heterocycles. The Balaban J connectivity index is 0.000000640. The van der Waals surface area contributed by atoms with E-state index in [0.717, 1.165) is 6.92 Å². The molecule has 7 nitrogen and oxygen atoms in total. The normalized spacial score (nSPS) is 25.2. The maximum Gasteiger partial charge on any atom is 0.300 e. The van der Waals surface area contributed by atoms with Crippen LogP contribution in [0.5, 0.6) is 0 Å². The van der Waals surface area contributed by atoms with Crippen molar-refractivity contribution in [1.82, 2.24) is 9.80 Å². The van der Waals surface area contributed by atoms with Crippen molar-refractivity contribution in [2.45, 2.75) is 24.6 Å². The number of hydrogen-bond donors (Lipinski definition) is 1. The van der Waals surface area contributed by atoms with Gasteiger partial charge < -0.3 is 14.9 Å². The van der Waals surface area contributed by atoms with Crippen molar-refractivity contribution >= 4 is 33.3 Å². The van der Waals surface area contributed by atoms with E-state index in [1.54, 1.807) is 6.07 Å². The molecule has 2 aliphatic heterocycles. The summed E-state index contributed by atoms with van der Waals surface area (Å²) in [5.41, 5.74) is 0.160. The molecule has 28 heavy (non-hydrogen) atoms. The van der Waals surface area contributed by atoms with Gasteiger partial charge in [-0.3, -0.25) is 9.59 Å². The van der Waals surface area contributed by atoms with Gasteiger partial charge in [-0.15, -0.1) is 0 Å². The zero-order valence-corrected chi connectivity index (χ0v) is 17.5. The Morgan fingerprint density at radius 2 is 1.93 bits per heavy atom. The first kappa shape index (κ1) is 22.6. The van der Waals surface area contributed by atoms with Crippen LogP contribution in [0.2, 0.25) is 5.02 Å². The summed E-state index contributed by atoms with van der Waals surface area (Å²) in [4.78, 5) is 25.0. The van der Waals surface area contributed by atoms with Crippen LogP contribution in [-0.2, 0) is 25.8 Å². The highest BCUT2D eigenvalue weighted by Crippen LogP contribution is 2.36. The van der Waals surface area contributed by atoms with Gasteiger partial charge in [0.05, 0.1) is 17.4 Å². The van der Waals surface area contributed by atoms with Crippen LogP contribution in [0.4, 0.5) is 4.39 Å². The predicted octanol–water partition coefficient (Wildman–Crippen LogP) is 1.30. The molecule has 1 N–H and O–H groups in total. The van der Waals surface area contributed by atoms with Crippen LogP contribution in [0.1, 0.15) is 12.5 Å². The number of benzene rings is 1. The molecule has 0 aliphatic carbocycles. The number of carbonyl (C=O) groups is 2. The molecule has 1 amide bonds. The van der Waals surface area contributed by atoms with E-state index in [4.69, 9.17) is 21.5 Å². The van der Waals surface area contributed by atoms with Crippen molar-refractivity contribution < 1.29 is 27.5 Å². The minimum absolute atomic E-state index is 0.0881. The Labute approximate surface area is 169 Å². The van der Waals surface area contributed by atoms with Gasteiger partial charge in [-0.2, -0.15) is 0 Å². The number of aliphatic carboxylic acids is 1. The summed E-state index contributed by atoms with van der Waals surface area (Å²) < 4.78 is 38.6. The Bertz CT molecular complexity index is 837. The quantitative estimate of drug-likeness (QED) is 0.770. The highest BCUT2D eigenvalue weighted by molar-refractivity contribution is 7.92. The summed E-state index contributed by atoms with van der Waals surface area (Å²) >= 11 is 5.97. The first-order valence-corrected chi connectivity index (χ1v) is 10.8. The van der Waals surface area contributed by atoms with Crippen molar-refractivity contribution in [3.05, 3.63) is 34.6 Å².